The van der Waals surface area contributed by atoms with Crippen molar-refractivity contribution in [3.05, 3.63) is 59.3 Å². The van der Waals surface area contributed by atoms with Crippen LogP contribution in [0.25, 0.3) is 16.3 Å². The Balaban J connectivity index is 1.82. The van der Waals surface area contributed by atoms with E-state index in [2.05, 4.69) is 22.3 Å². The molecule has 0 radical (unpaired) electrons. The minimum atomic E-state index is 0.795. The molecule has 0 aliphatic heterocycles. The molecule has 5 heteroatoms. The maximum absolute atomic E-state index is 5.18. The molecule has 0 atom stereocenters. The average Bonchev–Trinajstić information content (AvgIpc) is 3.08. The zero-order chi connectivity index (χ0) is 13.8. The van der Waals surface area contributed by atoms with E-state index in [1.165, 1.54) is 4.70 Å². The number of benzene rings is 1. The van der Waals surface area contributed by atoms with E-state index in [1.807, 2.05) is 42.0 Å². The van der Waals surface area contributed by atoms with E-state index < -0.39 is 0 Å². The zero-order valence-electron chi connectivity index (χ0n) is 10.9. The predicted molar refractivity (Wildman–Crippen MR) is 82.6 cm³/mol. The van der Waals surface area contributed by atoms with Gasteiger partial charge in [-0.25, -0.2) is 0 Å². The minimum Gasteiger partial charge on any atom is -0.465 e. The highest BCUT2D eigenvalue weighted by molar-refractivity contribution is 7.16. The van der Waals surface area contributed by atoms with E-state index in [0.717, 1.165) is 16.1 Å². The zero-order valence-corrected chi connectivity index (χ0v) is 11.7. The van der Waals surface area contributed by atoms with Crippen LogP contribution in [0.2, 0.25) is 0 Å². The Hall–Kier alpha value is -2.40. The van der Waals surface area contributed by atoms with Crippen LogP contribution in [-0.2, 0) is 7.05 Å². The highest BCUT2D eigenvalue weighted by Gasteiger charge is 1.99. The fourth-order valence-corrected chi connectivity index (χ4v) is 2.80. The Bertz CT molecular complexity index is 822. The molecule has 3 aromatic rings. The normalized spacial score (nSPS) is 13.2. The molecule has 2 aromatic heterocycles. The number of hydrogen-bond donors (Lipinski definition) is 0. The first-order chi connectivity index (χ1) is 9.84. The smallest absolute Gasteiger partial charge is 0.211 e. The summed E-state index contributed by atoms with van der Waals surface area (Å²) in [5.41, 5.74) is 1.16. The summed E-state index contributed by atoms with van der Waals surface area (Å²) < 4.78 is 8.42. The van der Waals surface area contributed by atoms with Gasteiger partial charge in [0.25, 0.3) is 0 Å². The van der Waals surface area contributed by atoms with Gasteiger partial charge in [0, 0.05) is 13.3 Å². The van der Waals surface area contributed by atoms with Crippen molar-refractivity contribution in [3.63, 3.8) is 0 Å². The maximum atomic E-state index is 5.18. The third-order valence-corrected chi connectivity index (χ3v) is 3.92. The Morgan fingerprint density at radius 3 is 2.90 bits per heavy atom. The van der Waals surface area contributed by atoms with Crippen molar-refractivity contribution in [3.8, 4) is 0 Å². The fourth-order valence-electron chi connectivity index (χ4n) is 1.82. The van der Waals surface area contributed by atoms with Crippen molar-refractivity contribution in [2.45, 2.75) is 0 Å². The van der Waals surface area contributed by atoms with E-state index in [0.29, 0.717) is 0 Å². The average molecular weight is 283 g/mol. The number of thiazole rings is 1. The van der Waals surface area contributed by atoms with E-state index in [-0.39, 0.29) is 0 Å². The molecule has 1 aromatic carbocycles. The molecule has 0 spiro atoms. The molecule has 0 saturated carbocycles. The van der Waals surface area contributed by atoms with Crippen LogP contribution in [0.1, 0.15) is 5.76 Å². The first kappa shape index (κ1) is 12.6. The van der Waals surface area contributed by atoms with Gasteiger partial charge in [0.05, 0.1) is 16.5 Å². The van der Waals surface area contributed by atoms with Crippen LogP contribution < -0.4 is 4.80 Å². The summed E-state index contributed by atoms with van der Waals surface area (Å²) in [7, 11) is 1.99. The van der Waals surface area contributed by atoms with Gasteiger partial charge in [-0.2, -0.15) is 5.10 Å². The van der Waals surface area contributed by atoms with Crippen molar-refractivity contribution < 1.29 is 4.42 Å². The fraction of sp³-hybridized carbons (Fsp3) is 0.0667. The summed E-state index contributed by atoms with van der Waals surface area (Å²) in [6, 6.07) is 11.9. The van der Waals surface area contributed by atoms with Gasteiger partial charge in [0.15, 0.2) is 0 Å². The molecule has 0 unspecified atom stereocenters. The first-order valence-electron chi connectivity index (χ1n) is 6.16. The Kier molecular flexibility index (Phi) is 3.60. The highest BCUT2D eigenvalue weighted by atomic mass is 32.1. The van der Waals surface area contributed by atoms with Crippen LogP contribution in [0, 0.1) is 0 Å². The van der Waals surface area contributed by atoms with E-state index in [1.54, 1.807) is 29.9 Å². The molecule has 4 nitrogen and oxygen atoms in total. The largest absolute Gasteiger partial charge is 0.465 e. The summed E-state index contributed by atoms with van der Waals surface area (Å²) >= 11 is 1.62. The van der Waals surface area contributed by atoms with Gasteiger partial charge >= 0.3 is 0 Å². The quantitative estimate of drug-likeness (QED) is 0.536. The topological polar surface area (TPSA) is 42.8 Å². The third kappa shape index (κ3) is 2.62. The van der Waals surface area contributed by atoms with Gasteiger partial charge in [-0.1, -0.05) is 23.5 Å². The molecule has 0 fully saturated rings. The Morgan fingerprint density at radius 1 is 1.20 bits per heavy atom. The van der Waals surface area contributed by atoms with Crippen molar-refractivity contribution in [1.29, 1.82) is 0 Å². The molecule has 20 heavy (non-hydrogen) atoms. The van der Waals surface area contributed by atoms with Crippen LogP contribution in [0.4, 0.5) is 0 Å². The van der Waals surface area contributed by atoms with Gasteiger partial charge in [-0.15, -0.1) is 5.10 Å². The second-order valence-corrected chi connectivity index (χ2v) is 5.16. The second kappa shape index (κ2) is 5.71. The summed E-state index contributed by atoms with van der Waals surface area (Å²) in [6.07, 6.45) is 6.92. The lowest BCUT2D eigenvalue weighted by atomic mass is 10.3. The van der Waals surface area contributed by atoms with Gasteiger partial charge < -0.3 is 8.98 Å². The van der Waals surface area contributed by atoms with Gasteiger partial charge in [-0.05, 0) is 36.4 Å². The number of rotatable bonds is 3. The number of fused-ring (bicyclic) bond motifs is 1. The van der Waals surface area contributed by atoms with Crippen molar-refractivity contribution in [2.75, 3.05) is 0 Å². The number of aromatic nitrogens is 1. The SMILES string of the molecule is Cn1c(=NN=CC=Cc2ccco2)sc2ccccc21. The third-order valence-electron chi connectivity index (χ3n) is 2.81. The Morgan fingerprint density at radius 2 is 2.10 bits per heavy atom. The molecule has 0 aliphatic rings. The number of aryl methyl sites for hydroxylation is 1. The molecule has 2 heterocycles. The van der Waals surface area contributed by atoms with Crippen LogP contribution in [0.15, 0.2) is 63.4 Å². The monoisotopic (exact) mass is 283 g/mol. The highest BCUT2D eigenvalue weighted by Crippen LogP contribution is 2.14. The van der Waals surface area contributed by atoms with E-state index in [9.17, 15) is 0 Å². The molecule has 0 bridgehead atoms. The van der Waals surface area contributed by atoms with E-state index >= 15 is 0 Å². The summed E-state index contributed by atoms with van der Waals surface area (Å²) in [5, 5.41) is 8.29. The number of nitrogens with zero attached hydrogens (tertiary/aromatic N) is 3. The van der Waals surface area contributed by atoms with Crippen LogP contribution in [0.5, 0.6) is 0 Å². The summed E-state index contributed by atoms with van der Waals surface area (Å²) in [6.45, 7) is 0. The molecule has 3 rings (SSSR count). The lowest BCUT2D eigenvalue weighted by molar-refractivity contribution is 0.557. The first-order valence-corrected chi connectivity index (χ1v) is 6.98. The van der Waals surface area contributed by atoms with E-state index in [4.69, 9.17) is 4.42 Å². The number of furan rings is 1. The van der Waals surface area contributed by atoms with Crippen LogP contribution in [-0.4, -0.2) is 10.8 Å². The van der Waals surface area contributed by atoms with Crippen molar-refractivity contribution >= 4 is 33.8 Å². The summed E-state index contributed by atoms with van der Waals surface area (Å²) in [4.78, 5) is 0.869. The molecule has 0 amide bonds. The van der Waals surface area contributed by atoms with Gasteiger partial charge in [0.2, 0.25) is 4.80 Å². The van der Waals surface area contributed by atoms with Crippen LogP contribution in [0.3, 0.4) is 0 Å². The minimum absolute atomic E-state index is 0.795. The lowest BCUT2D eigenvalue weighted by Crippen LogP contribution is -2.08. The number of allylic oxidation sites excluding steroid dienone is 1. The van der Waals surface area contributed by atoms with Crippen molar-refractivity contribution in [1.82, 2.24) is 4.57 Å². The standard InChI is InChI=1S/C15H13N3OS/c1-18-13-8-2-3-9-14(13)20-15(18)17-16-10-4-6-12-7-5-11-19-12/h2-11H,1H3. The maximum Gasteiger partial charge on any atom is 0.211 e. The van der Waals surface area contributed by atoms with Gasteiger partial charge in [0.1, 0.15) is 5.76 Å². The van der Waals surface area contributed by atoms with Crippen LogP contribution >= 0.6 is 11.3 Å². The molecular weight excluding hydrogens is 270 g/mol. The number of para-hydroxylation sites is 1. The second-order valence-electron chi connectivity index (χ2n) is 4.15. The summed E-state index contributed by atoms with van der Waals surface area (Å²) in [5.74, 6) is 0.795. The predicted octanol–water partition coefficient (Wildman–Crippen LogP) is 3.43. The molecular formula is C15H13N3OS. The molecule has 0 saturated heterocycles. The van der Waals surface area contributed by atoms with Gasteiger partial charge in [-0.3, -0.25) is 0 Å². The number of hydrogen-bond acceptors (Lipinski definition) is 4. The molecule has 0 aliphatic carbocycles. The Labute approximate surface area is 120 Å². The molecule has 0 N–H and O–H groups in total. The molecule has 100 valence electrons. The van der Waals surface area contributed by atoms with Crippen molar-refractivity contribution in [2.24, 2.45) is 17.3 Å². The lowest BCUT2D eigenvalue weighted by Gasteiger charge is -1.92.